The van der Waals surface area contributed by atoms with Crippen molar-refractivity contribution in [2.24, 2.45) is 5.92 Å². The molecule has 0 aliphatic heterocycles. The first-order valence-corrected chi connectivity index (χ1v) is 8.07. The molecule has 0 aromatic heterocycles. The summed E-state index contributed by atoms with van der Waals surface area (Å²) in [5.41, 5.74) is 1.02. The molecule has 0 aliphatic carbocycles. The summed E-state index contributed by atoms with van der Waals surface area (Å²) < 4.78 is 0. The Morgan fingerprint density at radius 3 is 2.14 bits per heavy atom. The van der Waals surface area contributed by atoms with E-state index in [0.717, 1.165) is 31.6 Å². The van der Waals surface area contributed by atoms with Crippen molar-refractivity contribution < 1.29 is 5.11 Å². The van der Waals surface area contributed by atoms with Crippen LogP contribution in [-0.4, -0.2) is 54.7 Å². The van der Waals surface area contributed by atoms with Crippen molar-refractivity contribution >= 4 is 0 Å². The second-order valence-electron chi connectivity index (χ2n) is 6.52. The monoisotopic (exact) mass is 292 g/mol. The van der Waals surface area contributed by atoms with Crippen molar-refractivity contribution in [2.75, 3.05) is 33.7 Å². The van der Waals surface area contributed by atoms with Gasteiger partial charge in [-0.1, -0.05) is 51.1 Å². The molecule has 1 N–H and O–H groups in total. The third-order valence-electron chi connectivity index (χ3n) is 3.83. The molecule has 0 saturated heterocycles. The number of hydrogen-bond donors (Lipinski definition) is 1. The van der Waals surface area contributed by atoms with Crippen LogP contribution in [0.3, 0.4) is 0 Å². The minimum atomic E-state index is -0.419. The second kappa shape index (κ2) is 9.19. The summed E-state index contributed by atoms with van der Waals surface area (Å²) in [6.07, 6.45) is 0.535. The average Bonchev–Trinajstić information content (AvgIpc) is 2.45. The van der Waals surface area contributed by atoms with Crippen LogP contribution in [0.25, 0.3) is 0 Å². The van der Waals surface area contributed by atoms with E-state index < -0.39 is 6.10 Å². The van der Waals surface area contributed by atoms with E-state index in [4.69, 9.17) is 0 Å². The van der Waals surface area contributed by atoms with E-state index in [2.05, 4.69) is 44.7 Å². The fourth-order valence-corrected chi connectivity index (χ4v) is 2.74. The number of nitrogens with zero attached hydrogens (tertiary/aromatic N) is 2. The number of benzene rings is 1. The molecule has 1 aromatic carbocycles. The standard InChI is InChI=1S/C18H32N2O/c1-6-17(18(21)16-10-8-7-9-11-16)20(14-15(2)3)13-12-19(4)5/h7-11,15,17-18,21H,6,12-14H2,1-5H3. The SMILES string of the molecule is CCC(C(O)c1ccccc1)N(CCN(C)C)CC(C)C. The Labute approximate surface area is 130 Å². The summed E-state index contributed by atoms with van der Waals surface area (Å²) in [5, 5.41) is 10.8. The third kappa shape index (κ3) is 6.16. The smallest absolute Gasteiger partial charge is 0.0945 e. The Hall–Kier alpha value is -0.900. The van der Waals surface area contributed by atoms with Gasteiger partial charge >= 0.3 is 0 Å². The molecule has 3 heteroatoms. The van der Waals surface area contributed by atoms with Crippen LogP contribution in [0.2, 0.25) is 0 Å². The van der Waals surface area contributed by atoms with Gasteiger partial charge in [0.1, 0.15) is 0 Å². The van der Waals surface area contributed by atoms with Crippen LogP contribution in [-0.2, 0) is 0 Å². The lowest BCUT2D eigenvalue weighted by molar-refractivity contribution is 0.0358. The van der Waals surface area contributed by atoms with E-state index in [1.54, 1.807) is 0 Å². The maximum absolute atomic E-state index is 10.8. The predicted octanol–water partition coefficient (Wildman–Crippen LogP) is 3.02. The molecular formula is C18H32N2O. The van der Waals surface area contributed by atoms with Gasteiger partial charge in [-0.05, 0) is 32.0 Å². The highest BCUT2D eigenvalue weighted by molar-refractivity contribution is 5.18. The molecule has 0 fully saturated rings. The Kier molecular flexibility index (Phi) is 7.94. The van der Waals surface area contributed by atoms with Crippen LogP contribution < -0.4 is 0 Å². The number of likely N-dealkylation sites (N-methyl/N-ethyl adjacent to an activating group) is 1. The summed E-state index contributed by atoms with van der Waals surface area (Å²) in [5.74, 6) is 0.601. The van der Waals surface area contributed by atoms with E-state index >= 15 is 0 Å². The molecule has 0 saturated carbocycles. The topological polar surface area (TPSA) is 26.7 Å². The summed E-state index contributed by atoms with van der Waals surface area (Å²) >= 11 is 0. The van der Waals surface area contributed by atoms with Gasteiger partial charge in [-0.15, -0.1) is 0 Å². The van der Waals surface area contributed by atoms with Crippen molar-refractivity contribution in [3.05, 3.63) is 35.9 Å². The highest BCUT2D eigenvalue weighted by atomic mass is 16.3. The van der Waals surface area contributed by atoms with Crippen LogP contribution >= 0.6 is 0 Å². The highest BCUT2D eigenvalue weighted by Gasteiger charge is 2.26. The maximum Gasteiger partial charge on any atom is 0.0945 e. The fourth-order valence-electron chi connectivity index (χ4n) is 2.74. The normalized spacial score (nSPS) is 14.9. The minimum absolute atomic E-state index is 0.176. The molecule has 1 aromatic rings. The molecule has 3 nitrogen and oxygen atoms in total. The van der Waals surface area contributed by atoms with E-state index in [9.17, 15) is 5.11 Å². The van der Waals surface area contributed by atoms with Gasteiger partial charge in [0.05, 0.1) is 6.10 Å². The molecule has 1 rings (SSSR count). The van der Waals surface area contributed by atoms with Crippen molar-refractivity contribution in [1.29, 1.82) is 0 Å². The van der Waals surface area contributed by atoms with Gasteiger partial charge in [-0.2, -0.15) is 0 Å². The fraction of sp³-hybridized carbons (Fsp3) is 0.667. The van der Waals surface area contributed by atoms with E-state index in [0.29, 0.717) is 5.92 Å². The van der Waals surface area contributed by atoms with Gasteiger partial charge in [0.2, 0.25) is 0 Å². The first-order valence-electron chi connectivity index (χ1n) is 8.07. The van der Waals surface area contributed by atoms with Gasteiger partial charge in [-0.25, -0.2) is 0 Å². The molecule has 0 heterocycles. The molecule has 2 atom stereocenters. The summed E-state index contributed by atoms with van der Waals surface area (Å²) in [6.45, 7) is 9.68. The van der Waals surface area contributed by atoms with Gasteiger partial charge < -0.3 is 10.0 Å². The third-order valence-corrected chi connectivity index (χ3v) is 3.83. The Morgan fingerprint density at radius 2 is 1.67 bits per heavy atom. The lowest BCUT2D eigenvalue weighted by atomic mass is 9.98. The lowest BCUT2D eigenvalue weighted by Gasteiger charge is -2.36. The number of aliphatic hydroxyl groups excluding tert-OH is 1. The Bertz CT molecular complexity index is 378. The van der Waals surface area contributed by atoms with Crippen LogP contribution in [0.15, 0.2) is 30.3 Å². The molecule has 120 valence electrons. The van der Waals surface area contributed by atoms with Crippen LogP contribution in [0.4, 0.5) is 0 Å². The Morgan fingerprint density at radius 1 is 1.05 bits per heavy atom. The van der Waals surface area contributed by atoms with Crippen molar-refractivity contribution in [1.82, 2.24) is 9.80 Å². The largest absolute Gasteiger partial charge is 0.387 e. The van der Waals surface area contributed by atoms with Crippen molar-refractivity contribution in [3.63, 3.8) is 0 Å². The van der Waals surface area contributed by atoms with E-state index in [-0.39, 0.29) is 6.04 Å². The molecule has 0 bridgehead atoms. The molecule has 0 radical (unpaired) electrons. The van der Waals surface area contributed by atoms with Gasteiger partial charge in [0, 0.05) is 25.7 Å². The molecule has 0 spiro atoms. The molecular weight excluding hydrogens is 260 g/mol. The summed E-state index contributed by atoms with van der Waals surface area (Å²) in [4.78, 5) is 4.65. The Balaban J connectivity index is 2.83. The molecule has 0 aliphatic rings. The highest BCUT2D eigenvalue weighted by Crippen LogP contribution is 2.24. The first kappa shape index (κ1) is 18.1. The lowest BCUT2D eigenvalue weighted by Crippen LogP contribution is -2.44. The first-order chi connectivity index (χ1) is 9.95. The van der Waals surface area contributed by atoms with E-state index in [1.807, 2.05) is 30.3 Å². The van der Waals surface area contributed by atoms with Crippen molar-refractivity contribution in [2.45, 2.75) is 39.3 Å². The van der Waals surface area contributed by atoms with Crippen LogP contribution in [0.5, 0.6) is 0 Å². The number of aliphatic hydroxyl groups is 1. The summed E-state index contributed by atoms with van der Waals surface area (Å²) in [7, 11) is 4.20. The van der Waals surface area contributed by atoms with E-state index in [1.165, 1.54) is 0 Å². The number of rotatable bonds is 9. The van der Waals surface area contributed by atoms with Gasteiger partial charge in [-0.3, -0.25) is 4.90 Å². The zero-order chi connectivity index (χ0) is 15.8. The van der Waals surface area contributed by atoms with Crippen molar-refractivity contribution in [3.8, 4) is 0 Å². The van der Waals surface area contributed by atoms with Gasteiger partial charge in [0.25, 0.3) is 0 Å². The minimum Gasteiger partial charge on any atom is -0.387 e. The predicted molar refractivity (Wildman–Crippen MR) is 90.4 cm³/mol. The summed E-state index contributed by atoms with van der Waals surface area (Å²) in [6, 6.07) is 10.2. The van der Waals surface area contributed by atoms with Gasteiger partial charge in [0.15, 0.2) is 0 Å². The molecule has 0 amide bonds. The van der Waals surface area contributed by atoms with Crippen LogP contribution in [0, 0.1) is 5.92 Å². The average molecular weight is 292 g/mol. The zero-order valence-electron chi connectivity index (χ0n) is 14.3. The number of hydrogen-bond acceptors (Lipinski definition) is 3. The molecule has 21 heavy (non-hydrogen) atoms. The zero-order valence-corrected chi connectivity index (χ0v) is 14.3. The quantitative estimate of drug-likeness (QED) is 0.758. The van der Waals surface area contributed by atoms with Crippen LogP contribution in [0.1, 0.15) is 38.9 Å². The molecule has 2 unspecified atom stereocenters. The second-order valence-corrected chi connectivity index (χ2v) is 6.52. The maximum atomic E-state index is 10.8.